The molecule has 1 nitrogen and oxygen atoms in total. The number of anilines is 3. The van der Waals surface area contributed by atoms with E-state index in [4.69, 9.17) is 0 Å². The van der Waals surface area contributed by atoms with Crippen LogP contribution < -0.4 is 4.90 Å². The molecule has 2 aliphatic heterocycles. The standard InChI is InChI=1S/C59H44NPS/c1-3-15-45(16-4-1)59(46-17-5-2-6-18-46)54-21-11-9-19-50(54)51-34-33-49(38-55(51)59)60(47-29-25-41(26-30-47)44-24-23-40-13-7-8-14-43(40)37-44)48-31-27-42(28-32-48)56-35-36-58-53(39-61-56)52-20-10-12-22-57(52)62-58/h1-10,12-20,22-38,53,58H,11,21,39H2. The molecular formula is C59H44NPS. The minimum atomic E-state index is -0.401. The largest absolute Gasteiger partial charge is 0.310 e. The van der Waals surface area contributed by atoms with Crippen LogP contribution in [0.2, 0.25) is 0 Å². The van der Waals surface area contributed by atoms with Crippen molar-refractivity contribution in [2.45, 2.75) is 34.3 Å². The van der Waals surface area contributed by atoms with E-state index in [0.717, 1.165) is 36.1 Å². The quantitative estimate of drug-likeness (QED) is 0.147. The molecule has 0 N–H and O–H groups in total. The number of fused-ring (bicyclic) bond motifs is 6. The number of allylic oxidation sites excluding steroid dienone is 5. The van der Waals surface area contributed by atoms with Gasteiger partial charge < -0.3 is 4.90 Å². The average molecular weight is 830 g/mol. The summed E-state index contributed by atoms with van der Waals surface area (Å²) < 4.78 is 0. The third kappa shape index (κ3) is 6.19. The summed E-state index contributed by atoms with van der Waals surface area (Å²) in [7, 11) is 1.38. The van der Waals surface area contributed by atoms with Crippen LogP contribution in [0.25, 0.3) is 27.5 Å². The molecule has 0 saturated carbocycles. The molecule has 0 bridgehead atoms. The van der Waals surface area contributed by atoms with Crippen LogP contribution in [-0.2, 0) is 5.41 Å². The van der Waals surface area contributed by atoms with Gasteiger partial charge in [-0.05, 0) is 134 Å². The van der Waals surface area contributed by atoms with Gasteiger partial charge in [0.15, 0.2) is 0 Å². The fourth-order valence-corrected chi connectivity index (χ4v) is 13.4. The molecule has 4 aliphatic rings. The third-order valence-electron chi connectivity index (χ3n) is 13.5. The van der Waals surface area contributed by atoms with Crippen molar-refractivity contribution in [3.05, 3.63) is 257 Å². The zero-order chi connectivity index (χ0) is 41.0. The lowest BCUT2D eigenvalue weighted by Gasteiger charge is -2.37. The summed E-state index contributed by atoms with van der Waals surface area (Å²) in [6.45, 7) is 0. The summed E-state index contributed by atoms with van der Waals surface area (Å²) in [5.74, 6) is 0.563. The van der Waals surface area contributed by atoms with Crippen LogP contribution in [0.3, 0.4) is 0 Å². The predicted octanol–water partition coefficient (Wildman–Crippen LogP) is 15.7. The average Bonchev–Trinajstić information content (AvgIpc) is 3.76. The Balaban J connectivity index is 0.982. The second kappa shape index (κ2) is 15.5. The molecule has 0 aromatic heterocycles. The number of thioether (sulfide) groups is 1. The van der Waals surface area contributed by atoms with Crippen molar-refractivity contribution in [1.29, 1.82) is 0 Å². The molecule has 12 rings (SSSR count). The SMILES string of the molecule is C1=CC2=C(CC1)C(c1ccccc1)(c1ccccc1)c1cc(N(c3ccc(C4=PCC5c6ccccc6SC5C=C4)cc3)c3ccc(-c4ccc5ccccc5c4)cc3)ccc12. The Morgan fingerprint density at radius 3 is 1.95 bits per heavy atom. The Hall–Kier alpha value is -6.44. The maximum Gasteiger partial charge on any atom is 0.0677 e. The third-order valence-corrected chi connectivity index (χ3v) is 16.2. The van der Waals surface area contributed by atoms with Gasteiger partial charge in [-0.25, -0.2) is 0 Å². The van der Waals surface area contributed by atoms with Crippen LogP contribution in [-0.4, -0.2) is 16.7 Å². The van der Waals surface area contributed by atoms with Gasteiger partial charge in [-0.2, -0.15) is 0 Å². The lowest BCUT2D eigenvalue weighted by molar-refractivity contribution is 0.696. The smallest absolute Gasteiger partial charge is 0.0677 e. The Kier molecular flexibility index (Phi) is 9.32. The molecule has 2 unspecified atom stereocenters. The number of hydrogen-bond acceptors (Lipinski definition) is 2. The van der Waals surface area contributed by atoms with Crippen LogP contribution in [0.15, 0.2) is 229 Å². The summed E-state index contributed by atoms with van der Waals surface area (Å²) in [5.41, 5.74) is 16.5. The fourth-order valence-electron chi connectivity index (χ4n) is 10.6. The van der Waals surface area contributed by atoms with Crippen molar-refractivity contribution >= 4 is 58.7 Å². The van der Waals surface area contributed by atoms with Crippen LogP contribution >= 0.6 is 20.0 Å². The molecule has 62 heavy (non-hydrogen) atoms. The Labute approximate surface area is 370 Å². The number of nitrogens with zero attached hydrogens (tertiary/aromatic N) is 1. The topological polar surface area (TPSA) is 3.24 Å². The first-order valence-electron chi connectivity index (χ1n) is 21.9. The van der Waals surface area contributed by atoms with Crippen molar-refractivity contribution in [3.63, 3.8) is 0 Å². The highest BCUT2D eigenvalue weighted by Crippen LogP contribution is 2.58. The van der Waals surface area contributed by atoms with Gasteiger partial charge >= 0.3 is 0 Å². The normalized spacial score (nSPS) is 18.4. The van der Waals surface area contributed by atoms with Gasteiger partial charge in [0.1, 0.15) is 0 Å². The molecule has 296 valence electrons. The van der Waals surface area contributed by atoms with E-state index in [2.05, 4.69) is 223 Å². The van der Waals surface area contributed by atoms with Crippen molar-refractivity contribution in [3.8, 4) is 11.1 Å². The molecule has 0 radical (unpaired) electrons. The van der Waals surface area contributed by atoms with Gasteiger partial charge in [0.05, 0.1) is 5.41 Å². The summed E-state index contributed by atoms with van der Waals surface area (Å²) in [5, 5.41) is 4.41. The van der Waals surface area contributed by atoms with E-state index in [9.17, 15) is 0 Å². The van der Waals surface area contributed by atoms with Gasteiger partial charge in [0, 0.05) is 38.4 Å². The molecule has 0 spiro atoms. The number of rotatable bonds is 7. The van der Waals surface area contributed by atoms with E-state index in [1.165, 1.54) is 84.8 Å². The van der Waals surface area contributed by atoms with Crippen molar-refractivity contribution in [2.75, 3.05) is 11.1 Å². The van der Waals surface area contributed by atoms with E-state index >= 15 is 0 Å². The summed E-state index contributed by atoms with van der Waals surface area (Å²) in [4.78, 5) is 3.91. The Morgan fingerprint density at radius 2 is 1.19 bits per heavy atom. The number of benzene rings is 8. The molecule has 0 saturated heterocycles. The molecule has 2 aliphatic carbocycles. The van der Waals surface area contributed by atoms with Gasteiger partial charge in [-0.1, -0.05) is 178 Å². The van der Waals surface area contributed by atoms with Crippen molar-refractivity contribution in [2.24, 2.45) is 0 Å². The molecule has 8 aromatic carbocycles. The first kappa shape index (κ1) is 37.3. The summed E-state index contributed by atoms with van der Waals surface area (Å²) in [6, 6.07) is 72.6. The Bertz CT molecular complexity index is 3080. The van der Waals surface area contributed by atoms with E-state index in [0.29, 0.717) is 11.2 Å². The lowest BCUT2D eigenvalue weighted by Crippen LogP contribution is -2.30. The molecule has 8 aromatic rings. The van der Waals surface area contributed by atoms with E-state index in [-0.39, 0.29) is 0 Å². The van der Waals surface area contributed by atoms with Gasteiger partial charge in [0.25, 0.3) is 0 Å². The molecule has 2 atom stereocenters. The maximum absolute atomic E-state index is 2.50. The second-order valence-electron chi connectivity index (χ2n) is 16.8. The van der Waals surface area contributed by atoms with Crippen LogP contribution in [0, 0.1) is 0 Å². The predicted molar refractivity (Wildman–Crippen MR) is 266 cm³/mol. The van der Waals surface area contributed by atoms with Crippen LogP contribution in [0.5, 0.6) is 0 Å². The molecule has 0 amide bonds. The molecule has 0 fully saturated rings. The first-order valence-corrected chi connectivity index (χ1v) is 23.8. The highest BCUT2D eigenvalue weighted by atomic mass is 32.2. The second-order valence-corrected chi connectivity index (χ2v) is 19.2. The van der Waals surface area contributed by atoms with E-state index in [1.54, 1.807) is 0 Å². The summed E-state index contributed by atoms with van der Waals surface area (Å²) in [6.07, 6.45) is 12.8. The van der Waals surface area contributed by atoms with Crippen LogP contribution in [0.1, 0.15) is 52.1 Å². The Morgan fingerprint density at radius 1 is 0.548 bits per heavy atom. The van der Waals surface area contributed by atoms with Crippen molar-refractivity contribution in [1.82, 2.24) is 0 Å². The molecule has 3 heteroatoms. The summed E-state index contributed by atoms with van der Waals surface area (Å²) >= 11 is 2.03. The molecule has 2 heterocycles. The highest BCUT2D eigenvalue weighted by Gasteiger charge is 2.47. The minimum absolute atomic E-state index is 0.401. The van der Waals surface area contributed by atoms with E-state index in [1.807, 2.05) is 11.8 Å². The zero-order valence-corrected chi connectivity index (χ0v) is 36.1. The zero-order valence-electron chi connectivity index (χ0n) is 34.4. The van der Waals surface area contributed by atoms with Crippen LogP contribution in [0.4, 0.5) is 17.1 Å². The monoisotopic (exact) mass is 829 g/mol. The maximum atomic E-state index is 2.50. The fraction of sp³-hybridized carbons (Fsp3) is 0.102. The lowest BCUT2D eigenvalue weighted by atomic mass is 9.65. The highest BCUT2D eigenvalue weighted by molar-refractivity contribution is 8.00. The van der Waals surface area contributed by atoms with E-state index < -0.39 is 5.41 Å². The number of hydrogen-bond donors (Lipinski definition) is 0. The minimum Gasteiger partial charge on any atom is -0.310 e. The van der Waals surface area contributed by atoms with Crippen molar-refractivity contribution < 1.29 is 0 Å². The van der Waals surface area contributed by atoms with Gasteiger partial charge in [0.2, 0.25) is 0 Å². The van der Waals surface area contributed by atoms with Gasteiger partial charge in [-0.3, -0.25) is 0 Å². The molecular weight excluding hydrogens is 786 g/mol. The first-order chi connectivity index (χ1) is 30.7. The van der Waals surface area contributed by atoms with Gasteiger partial charge in [-0.15, -0.1) is 11.8 Å².